The Bertz CT molecular complexity index is 744. The van der Waals surface area contributed by atoms with Gasteiger partial charge in [-0.25, -0.2) is 9.97 Å². The fourth-order valence-corrected chi connectivity index (χ4v) is 2.73. The number of imidazole rings is 1. The van der Waals surface area contributed by atoms with Gasteiger partial charge in [-0.15, -0.1) is 0 Å². The van der Waals surface area contributed by atoms with Crippen LogP contribution in [-0.2, 0) is 12.0 Å². The minimum atomic E-state index is -0.136. The molecule has 108 valence electrons. The maximum Gasteiger partial charge on any atom is 0.202 e. The van der Waals surface area contributed by atoms with E-state index in [0.29, 0.717) is 5.95 Å². The summed E-state index contributed by atoms with van der Waals surface area (Å²) in [5.74, 6) is 0.529. The summed E-state index contributed by atoms with van der Waals surface area (Å²) in [7, 11) is 0. The summed E-state index contributed by atoms with van der Waals surface area (Å²) < 4.78 is 2.05. The molecule has 1 aromatic carbocycles. The highest BCUT2D eigenvalue weighted by molar-refractivity contribution is 5.74. The summed E-state index contributed by atoms with van der Waals surface area (Å²) in [6.07, 6.45) is 3.76. The number of aromatic nitrogens is 3. The minimum absolute atomic E-state index is 0.136. The molecular weight excluding hydrogens is 260 g/mol. The first-order valence-electron chi connectivity index (χ1n) is 7.21. The first kappa shape index (κ1) is 13.6. The highest BCUT2D eigenvalue weighted by Crippen LogP contribution is 2.29. The Labute approximate surface area is 124 Å². The van der Waals surface area contributed by atoms with Gasteiger partial charge in [0.1, 0.15) is 5.52 Å². The number of hydrogen-bond acceptors (Lipinski definition) is 3. The van der Waals surface area contributed by atoms with Gasteiger partial charge < -0.3 is 5.73 Å². The Morgan fingerprint density at radius 2 is 1.86 bits per heavy atom. The zero-order chi connectivity index (χ0) is 14.9. The summed E-state index contributed by atoms with van der Waals surface area (Å²) in [5, 5.41) is 0. The maximum absolute atomic E-state index is 6.12. The second-order valence-corrected chi connectivity index (χ2v) is 5.95. The molecule has 0 aliphatic carbocycles. The molecule has 0 amide bonds. The van der Waals surface area contributed by atoms with Crippen molar-refractivity contribution in [1.82, 2.24) is 14.5 Å². The van der Waals surface area contributed by atoms with Crippen LogP contribution in [0, 0.1) is 0 Å². The van der Waals surface area contributed by atoms with E-state index >= 15 is 0 Å². The standard InChI is InChI=1S/C17H20N4/c1-17(2,11-10-13-7-4-3-5-8-13)21-15-14(20-16(21)18)9-6-12-19-15/h3-9,12H,10-11H2,1-2H3,(H2,18,20). The van der Waals surface area contributed by atoms with E-state index in [0.717, 1.165) is 24.0 Å². The van der Waals surface area contributed by atoms with Gasteiger partial charge in [0.15, 0.2) is 5.65 Å². The van der Waals surface area contributed by atoms with Crippen LogP contribution < -0.4 is 5.73 Å². The van der Waals surface area contributed by atoms with Crippen LogP contribution in [0.15, 0.2) is 48.7 Å². The summed E-state index contributed by atoms with van der Waals surface area (Å²) in [4.78, 5) is 8.86. The monoisotopic (exact) mass is 280 g/mol. The number of hydrogen-bond donors (Lipinski definition) is 1. The molecule has 0 saturated heterocycles. The van der Waals surface area contributed by atoms with Gasteiger partial charge in [-0.3, -0.25) is 4.57 Å². The zero-order valence-corrected chi connectivity index (χ0v) is 12.5. The SMILES string of the molecule is CC(C)(CCc1ccccc1)n1c(N)nc2cccnc21. The average Bonchev–Trinajstić information content (AvgIpc) is 2.83. The summed E-state index contributed by atoms with van der Waals surface area (Å²) in [6.45, 7) is 4.37. The molecule has 0 saturated carbocycles. The molecule has 4 heteroatoms. The van der Waals surface area contributed by atoms with Crippen molar-refractivity contribution < 1.29 is 0 Å². The lowest BCUT2D eigenvalue weighted by Crippen LogP contribution is -2.28. The van der Waals surface area contributed by atoms with Gasteiger partial charge in [0.05, 0.1) is 0 Å². The first-order valence-corrected chi connectivity index (χ1v) is 7.21. The van der Waals surface area contributed by atoms with Crippen LogP contribution in [0.4, 0.5) is 5.95 Å². The topological polar surface area (TPSA) is 56.7 Å². The van der Waals surface area contributed by atoms with Crippen molar-refractivity contribution in [2.24, 2.45) is 0 Å². The number of rotatable bonds is 4. The highest BCUT2D eigenvalue weighted by atomic mass is 15.2. The van der Waals surface area contributed by atoms with Gasteiger partial charge in [0, 0.05) is 11.7 Å². The van der Waals surface area contributed by atoms with Crippen molar-refractivity contribution in [3.63, 3.8) is 0 Å². The van der Waals surface area contributed by atoms with Gasteiger partial charge in [-0.05, 0) is 44.4 Å². The van der Waals surface area contributed by atoms with Gasteiger partial charge in [0.2, 0.25) is 5.95 Å². The maximum atomic E-state index is 6.12. The predicted octanol–water partition coefficient (Wildman–Crippen LogP) is 3.38. The second-order valence-electron chi connectivity index (χ2n) is 5.95. The van der Waals surface area contributed by atoms with E-state index in [1.807, 2.05) is 22.8 Å². The number of aryl methyl sites for hydroxylation is 1. The average molecular weight is 280 g/mol. The van der Waals surface area contributed by atoms with Crippen molar-refractivity contribution in [3.8, 4) is 0 Å². The Morgan fingerprint density at radius 3 is 2.62 bits per heavy atom. The number of fused-ring (bicyclic) bond motifs is 1. The van der Waals surface area contributed by atoms with Crippen molar-refractivity contribution in [3.05, 3.63) is 54.2 Å². The molecule has 3 rings (SSSR count). The largest absolute Gasteiger partial charge is 0.369 e. The van der Waals surface area contributed by atoms with Crippen LogP contribution in [0.5, 0.6) is 0 Å². The second kappa shape index (κ2) is 5.20. The molecule has 2 aromatic heterocycles. The lowest BCUT2D eigenvalue weighted by Gasteiger charge is -2.28. The molecule has 0 aliphatic rings. The van der Waals surface area contributed by atoms with Gasteiger partial charge in [-0.1, -0.05) is 30.3 Å². The fraction of sp³-hybridized carbons (Fsp3) is 0.294. The molecule has 0 unspecified atom stereocenters. The molecule has 0 spiro atoms. The van der Waals surface area contributed by atoms with Crippen molar-refractivity contribution >= 4 is 17.1 Å². The molecule has 2 heterocycles. The van der Waals surface area contributed by atoms with Gasteiger partial charge >= 0.3 is 0 Å². The summed E-state index contributed by atoms with van der Waals surface area (Å²) >= 11 is 0. The highest BCUT2D eigenvalue weighted by Gasteiger charge is 2.25. The third-order valence-corrected chi connectivity index (χ3v) is 3.92. The quantitative estimate of drug-likeness (QED) is 0.797. The zero-order valence-electron chi connectivity index (χ0n) is 12.5. The number of pyridine rings is 1. The number of anilines is 1. The van der Waals surface area contributed by atoms with E-state index in [4.69, 9.17) is 5.73 Å². The Hall–Kier alpha value is -2.36. The van der Waals surface area contributed by atoms with E-state index in [2.05, 4.69) is 48.1 Å². The van der Waals surface area contributed by atoms with Crippen molar-refractivity contribution in [2.75, 3.05) is 5.73 Å². The molecule has 3 aromatic rings. The van der Waals surface area contributed by atoms with Crippen LogP contribution in [0.25, 0.3) is 11.2 Å². The van der Waals surface area contributed by atoms with E-state index in [9.17, 15) is 0 Å². The van der Waals surface area contributed by atoms with Gasteiger partial charge in [0.25, 0.3) is 0 Å². The third-order valence-electron chi connectivity index (χ3n) is 3.92. The summed E-state index contributed by atoms with van der Waals surface area (Å²) in [5.41, 5.74) is 9.02. The molecule has 0 bridgehead atoms. The minimum Gasteiger partial charge on any atom is -0.369 e. The Kier molecular flexibility index (Phi) is 3.37. The molecule has 4 nitrogen and oxygen atoms in total. The van der Waals surface area contributed by atoms with Crippen LogP contribution in [0.3, 0.4) is 0 Å². The molecule has 0 radical (unpaired) electrons. The van der Waals surface area contributed by atoms with E-state index in [1.54, 1.807) is 6.20 Å². The van der Waals surface area contributed by atoms with Crippen molar-refractivity contribution in [1.29, 1.82) is 0 Å². The van der Waals surface area contributed by atoms with Crippen LogP contribution in [0.1, 0.15) is 25.8 Å². The molecule has 21 heavy (non-hydrogen) atoms. The fourth-order valence-electron chi connectivity index (χ4n) is 2.73. The van der Waals surface area contributed by atoms with Crippen molar-refractivity contribution in [2.45, 2.75) is 32.2 Å². The van der Waals surface area contributed by atoms with E-state index in [-0.39, 0.29) is 5.54 Å². The number of nitrogen functional groups attached to an aromatic ring is 1. The predicted molar refractivity (Wildman–Crippen MR) is 86.0 cm³/mol. The van der Waals surface area contributed by atoms with Crippen LogP contribution in [0.2, 0.25) is 0 Å². The number of benzene rings is 1. The number of nitrogens with two attached hydrogens (primary N) is 1. The molecule has 0 fully saturated rings. The molecule has 0 atom stereocenters. The van der Waals surface area contributed by atoms with E-state index < -0.39 is 0 Å². The van der Waals surface area contributed by atoms with Gasteiger partial charge in [-0.2, -0.15) is 0 Å². The Balaban J connectivity index is 1.91. The van der Waals surface area contributed by atoms with Crippen LogP contribution >= 0.6 is 0 Å². The lowest BCUT2D eigenvalue weighted by molar-refractivity contribution is 0.340. The lowest BCUT2D eigenvalue weighted by atomic mass is 9.95. The Morgan fingerprint density at radius 1 is 1.10 bits per heavy atom. The van der Waals surface area contributed by atoms with Crippen LogP contribution in [-0.4, -0.2) is 14.5 Å². The first-order chi connectivity index (χ1) is 10.1. The normalized spacial score (nSPS) is 11.9. The third kappa shape index (κ3) is 2.61. The molecule has 2 N–H and O–H groups in total. The summed E-state index contributed by atoms with van der Waals surface area (Å²) in [6, 6.07) is 14.3. The molecule has 0 aliphatic heterocycles. The smallest absolute Gasteiger partial charge is 0.202 e. The molecular formula is C17H20N4. The van der Waals surface area contributed by atoms with E-state index in [1.165, 1.54) is 5.56 Å². The number of nitrogens with zero attached hydrogens (tertiary/aromatic N) is 3.